The van der Waals surface area contributed by atoms with E-state index in [0.29, 0.717) is 35.7 Å². The second-order valence-corrected chi connectivity index (χ2v) is 9.20. The van der Waals surface area contributed by atoms with Crippen LogP contribution in [0.4, 0.5) is 11.6 Å². The van der Waals surface area contributed by atoms with Gasteiger partial charge in [0.1, 0.15) is 15.9 Å². The van der Waals surface area contributed by atoms with Crippen molar-refractivity contribution in [3.8, 4) is 5.88 Å². The minimum Gasteiger partial charge on any atom is -0.481 e. The van der Waals surface area contributed by atoms with Crippen LogP contribution in [0, 0.1) is 0 Å². The molecule has 3 heterocycles. The third-order valence-corrected chi connectivity index (χ3v) is 6.93. The molecular formula is C15H18N6O3S2. The zero-order valence-electron chi connectivity index (χ0n) is 14.0. The van der Waals surface area contributed by atoms with Gasteiger partial charge in [0, 0.05) is 23.7 Å². The van der Waals surface area contributed by atoms with Gasteiger partial charge in [-0.05, 0) is 19.3 Å². The first-order valence-corrected chi connectivity index (χ1v) is 10.5. The number of hydrogen-bond acceptors (Lipinski definition) is 8. The van der Waals surface area contributed by atoms with Crippen LogP contribution < -0.4 is 15.2 Å². The van der Waals surface area contributed by atoms with Gasteiger partial charge in [0.2, 0.25) is 15.9 Å². The minimum absolute atomic E-state index is 0.143. The number of rotatable bonds is 6. The van der Waals surface area contributed by atoms with Gasteiger partial charge in [0.15, 0.2) is 5.82 Å². The Morgan fingerprint density at radius 2 is 2.12 bits per heavy atom. The Balaban J connectivity index is 1.55. The number of thioether (sulfide) groups is 1. The molecule has 0 amide bonds. The molecule has 0 saturated heterocycles. The normalized spacial score (nSPS) is 20.1. The van der Waals surface area contributed by atoms with Gasteiger partial charge >= 0.3 is 0 Å². The molecule has 1 aliphatic heterocycles. The van der Waals surface area contributed by atoms with Crippen molar-refractivity contribution in [1.29, 1.82) is 0 Å². The molecule has 26 heavy (non-hydrogen) atoms. The zero-order valence-corrected chi connectivity index (χ0v) is 15.6. The van der Waals surface area contributed by atoms with Crippen LogP contribution in [0.15, 0.2) is 22.4 Å². The van der Waals surface area contributed by atoms with Crippen LogP contribution in [-0.4, -0.2) is 35.7 Å². The number of hydrogen-bond donors (Lipinski definition) is 3. The van der Waals surface area contributed by atoms with E-state index < -0.39 is 10.0 Å². The second kappa shape index (κ2) is 6.56. The number of aromatic nitrogens is 4. The van der Waals surface area contributed by atoms with Crippen molar-refractivity contribution in [3.63, 3.8) is 0 Å². The van der Waals surface area contributed by atoms with Gasteiger partial charge in [0.05, 0.1) is 12.4 Å². The smallest absolute Gasteiger partial charge is 0.243 e. The highest BCUT2D eigenvalue weighted by molar-refractivity contribution is 8.18. The Hall–Kier alpha value is -2.11. The average molecular weight is 394 g/mol. The lowest BCUT2D eigenvalue weighted by molar-refractivity contribution is 0.395. The van der Waals surface area contributed by atoms with Crippen molar-refractivity contribution in [3.05, 3.63) is 34.0 Å². The van der Waals surface area contributed by atoms with E-state index in [0.717, 1.165) is 17.5 Å². The number of H-pyrrole nitrogens is 1. The molecule has 138 valence electrons. The van der Waals surface area contributed by atoms with Crippen molar-refractivity contribution in [2.75, 3.05) is 12.4 Å². The van der Waals surface area contributed by atoms with Gasteiger partial charge < -0.3 is 10.1 Å². The highest BCUT2D eigenvalue weighted by Gasteiger charge is 2.29. The van der Waals surface area contributed by atoms with Gasteiger partial charge in [-0.25, -0.2) is 18.5 Å². The van der Waals surface area contributed by atoms with Crippen molar-refractivity contribution in [2.24, 2.45) is 5.14 Å². The number of aromatic amines is 1. The summed E-state index contributed by atoms with van der Waals surface area (Å²) in [4.78, 5) is 8.84. The molecule has 1 fully saturated rings. The largest absolute Gasteiger partial charge is 0.481 e. The van der Waals surface area contributed by atoms with Crippen molar-refractivity contribution >= 4 is 33.4 Å². The minimum atomic E-state index is -3.71. The fraction of sp³-hybridized carbons (Fsp3) is 0.400. The fourth-order valence-electron chi connectivity index (χ4n) is 2.67. The summed E-state index contributed by atoms with van der Waals surface area (Å²) in [5.74, 6) is 2.64. The number of ether oxygens (including phenoxy) is 1. The molecule has 1 atom stereocenters. The number of methoxy groups -OCH3 is 1. The third-order valence-electron chi connectivity index (χ3n) is 4.13. The maximum Gasteiger partial charge on any atom is 0.243 e. The average Bonchev–Trinajstić information content (AvgIpc) is 3.13. The number of nitrogens with one attached hydrogen (secondary N) is 2. The fourth-order valence-corrected chi connectivity index (χ4v) is 4.76. The van der Waals surface area contributed by atoms with E-state index in [4.69, 9.17) is 9.88 Å². The molecule has 9 nitrogen and oxygen atoms in total. The van der Waals surface area contributed by atoms with Crippen molar-refractivity contribution in [1.82, 2.24) is 20.2 Å². The lowest BCUT2D eigenvalue weighted by atomic mass is 10.3. The Labute approximate surface area is 154 Å². The van der Waals surface area contributed by atoms with Crippen LogP contribution in [0.3, 0.4) is 0 Å². The molecule has 2 aromatic rings. The molecule has 2 aromatic heterocycles. The quantitative estimate of drug-likeness (QED) is 0.678. The summed E-state index contributed by atoms with van der Waals surface area (Å²) >= 11 is 1.14. The van der Waals surface area contributed by atoms with Gasteiger partial charge in [0.25, 0.3) is 0 Å². The first-order chi connectivity index (χ1) is 12.4. The number of allylic oxidation sites excluding steroid dienone is 1. The van der Waals surface area contributed by atoms with Crippen LogP contribution in [0.1, 0.15) is 41.9 Å². The lowest BCUT2D eigenvalue weighted by Crippen LogP contribution is -2.12. The third kappa shape index (κ3) is 3.69. The summed E-state index contributed by atoms with van der Waals surface area (Å²) in [5.41, 5.74) is 1.11. The SMILES string of the molecule is COc1cc(Nc2cc(C3CC3)[nH]n2)nc(C2CC=C(S(N)(=O)=O)S2)n1. The Bertz CT molecular complexity index is 968. The molecule has 0 spiro atoms. The molecule has 4 N–H and O–H groups in total. The van der Waals surface area contributed by atoms with E-state index in [1.54, 1.807) is 12.1 Å². The number of sulfonamides is 1. The standard InChI is InChI=1S/C15H18N6O3S2/c1-24-13-7-11(17-12-6-9(20-21-12)8-2-3-8)18-15(19-13)10-4-5-14(25-10)26(16,22)23/h5-8,10H,2-4H2,1H3,(H2,16,22,23)(H2,17,18,19,20,21). The van der Waals surface area contributed by atoms with E-state index in [2.05, 4.69) is 25.5 Å². The summed E-state index contributed by atoms with van der Waals surface area (Å²) < 4.78 is 28.4. The molecule has 1 unspecified atom stereocenters. The van der Waals surface area contributed by atoms with E-state index in [-0.39, 0.29) is 9.49 Å². The van der Waals surface area contributed by atoms with Crippen LogP contribution in [0.25, 0.3) is 0 Å². The molecule has 0 aromatic carbocycles. The number of primary sulfonamides is 1. The monoisotopic (exact) mass is 394 g/mol. The predicted octanol–water partition coefficient (Wildman–Crippen LogP) is 2.14. The van der Waals surface area contributed by atoms with E-state index in [1.165, 1.54) is 20.0 Å². The van der Waals surface area contributed by atoms with Crippen LogP contribution in [0.5, 0.6) is 5.88 Å². The molecule has 0 bridgehead atoms. The highest BCUT2D eigenvalue weighted by Crippen LogP contribution is 2.44. The molecule has 2 aliphatic rings. The highest BCUT2D eigenvalue weighted by atomic mass is 32.3. The van der Waals surface area contributed by atoms with Gasteiger partial charge in [-0.3, -0.25) is 5.10 Å². The lowest BCUT2D eigenvalue weighted by Gasteiger charge is -2.12. The Morgan fingerprint density at radius 1 is 1.31 bits per heavy atom. The summed E-state index contributed by atoms with van der Waals surface area (Å²) in [6, 6.07) is 3.64. The topological polar surface area (TPSA) is 136 Å². The van der Waals surface area contributed by atoms with Crippen LogP contribution >= 0.6 is 11.8 Å². The van der Waals surface area contributed by atoms with Gasteiger partial charge in [-0.15, -0.1) is 11.8 Å². The Kier molecular flexibility index (Phi) is 4.37. The van der Waals surface area contributed by atoms with E-state index >= 15 is 0 Å². The first kappa shape index (κ1) is 17.3. The second-order valence-electron chi connectivity index (χ2n) is 6.17. The predicted molar refractivity (Wildman–Crippen MR) is 98.6 cm³/mol. The number of nitrogens with zero attached hydrogens (tertiary/aromatic N) is 3. The van der Waals surface area contributed by atoms with Crippen molar-refractivity contribution < 1.29 is 13.2 Å². The maximum atomic E-state index is 11.5. The van der Waals surface area contributed by atoms with E-state index in [9.17, 15) is 8.42 Å². The summed E-state index contributed by atoms with van der Waals surface area (Å²) in [5, 5.41) is 15.4. The van der Waals surface area contributed by atoms with Crippen LogP contribution in [0.2, 0.25) is 0 Å². The summed E-state index contributed by atoms with van der Waals surface area (Å²) in [6.45, 7) is 0. The zero-order chi connectivity index (χ0) is 18.3. The first-order valence-electron chi connectivity index (χ1n) is 8.07. The maximum absolute atomic E-state index is 11.5. The number of anilines is 2. The van der Waals surface area contributed by atoms with Gasteiger partial charge in [-0.2, -0.15) is 10.1 Å². The Morgan fingerprint density at radius 3 is 2.77 bits per heavy atom. The van der Waals surface area contributed by atoms with Crippen LogP contribution in [-0.2, 0) is 10.0 Å². The van der Waals surface area contributed by atoms with E-state index in [1.807, 2.05) is 6.07 Å². The molecule has 4 rings (SSSR count). The van der Waals surface area contributed by atoms with Gasteiger partial charge in [-0.1, -0.05) is 6.08 Å². The molecule has 1 aliphatic carbocycles. The van der Waals surface area contributed by atoms with Crippen molar-refractivity contribution in [2.45, 2.75) is 30.4 Å². The summed E-state index contributed by atoms with van der Waals surface area (Å²) in [7, 11) is -2.19. The molecular weight excluding hydrogens is 376 g/mol. The number of nitrogens with two attached hydrogens (primary N) is 1. The summed E-state index contributed by atoms with van der Waals surface area (Å²) in [6.07, 6.45) is 4.45. The molecule has 1 saturated carbocycles. The molecule has 11 heteroatoms. The molecule has 0 radical (unpaired) electrons.